The highest BCUT2D eigenvalue weighted by molar-refractivity contribution is 5.71. The zero-order valence-electron chi connectivity index (χ0n) is 10.7. The Hall–Kier alpha value is -1.55. The summed E-state index contributed by atoms with van der Waals surface area (Å²) in [4.78, 5) is 13.3. The molecule has 1 aromatic rings. The Kier molecular flexibility index (Phi) is 3.57. The van der Waals surface area contributed by atoms with Crippen molar-refractivity contribution in [1.29, 1.82) is 0 Å². The van der Waals surface area contributed by atoms with Crippen molar-refractivity contribution in [1.82, 2.24) is 4.90 Å². The minimum Gasteiger partial charge on any atom is -0.508 e. The van der Waals surface area contributed by atoms with Crippen LogP contribution in [-0.4, -0.2) is 34.2 Å². The highest BCUT2D eigenvalue weighted by atomic mass is 16.4. The minimum atomic E-state index is -0.715. The van der Waals surface area contributed by atoms with Gasteiger partial charge in [-0.25, -0.2) is 0 Å². The van der Waals surface area contributed by atoms with E-state index >= 15 is 0 Å². The second-order valence-electron chi connectivity index (χ2n) is 5.15. The van der Waals surface area contributed by atoms with E-state index in [0.717, 1.165) is 12.1 Å². The molecule has 0 radical (unpaired) electrons. The van der Waals surface area contributed by atoms with Crippen molar-refractivity contribution in [2.45, 2.75) is 19.9 Å². The second-order valence-corrected chi connectivity index (χ2v) is 5.15. The van der Waals surface area contributed by atoms with Gasteiger partial charge in [-0.2, -0.15) is 0 Å². The van der Waals surface area contributed by atoms with Gasteiger partial charge in [0.05, 0.1) is 5.92 Å². The van der Waals surface area contributed by atoms with E-state index in [1.165, 1.54) is 0 Å². The number of carbonyl (C=O) groups is 1. The van der Waals surface area contributed by atoms with Gasteiger partial charge >= 0.3 is 5.97 Å². The number of hydrogen-bond acceptors (Lipinski definition) is 3. The molecule has 0 spiro atoms. The minimum absolute atomic E-state index is 0.129. The predicted molar refractivity (Wildman–Crippen MR) is 68.4 cm³/mol. The van der Waals surface area contributed by atoms with E-state index in [2.05, 4.69) is 4.90 Å². The Bertz CT molecular complexity index is 446. The molecule has 1 fully saturated rings. The molecule has 4 heteroatoms. The van der Waals surface area contributed by atoms with Crippen molar-refractivity contribution >= 4 is 5.97 Å². The van der Waals surface area contributed by atoms with Gasteiger partial charge < -0.3 is 10.2 Å². The molecule has 4 nitrogen and oxygen atoms in total. The highest BCUT2D eigenvalue weighted by Crippen LogP contribution is 2.31. The van der Waals surface area contributed by atoms with Crippen LogP contribution in [0.4, 0.5) is 0 Å². The molecule has 1 aliphatic rings. The van der Waals surface area contributed by atoms with E-state index < -0.39 is 5.97 Å². The predicted octanol–water partition coefficient (Wildman–Crippen LogP) is 2.11. The van der Waals surface area contributed by atoms with E-state index in [-0.39, 0.29) is 23.6 Å². The molecule has 1 saturated heterocycles. The number of carboxylic acids is 1. The van der Waals surface area contributed by atoms with Crippen LogP contribution in [0.15, 0.2) is 24.3 Å². The summed E-state index contributed by atoms with van der Waals surface area (Å²) in [5.74, 6) is -0.582. The van der Waals surface area contributed by atoms with E-state index in [4.69, 9.17) is 5.11 Å². The molecule has 18 heavy (non-hydrogen) atoms. The largest absolute Gasteiger partial charge is 0.508 e. The zero-order chi connectivity index (χ0) is 13.3. The van der Waals surface area contributed by atoms with Crippen LogP contribution in [0.5, 0.6) is 5.75 Å². The van der Waals surface area contributed by atoms with E-state index in [0.29, 0.717) is 6.54 Å². The smallest absolute Gasteiger partial charge is 0.308 e. The Morgan fingerprint density at radius 1 is 1.44 bits per heavy atom. The van der Waals surface area contributed by atoms with Crippen molar-refractivity contribution in [3.63, 3.8) is 0 Å². The third kappa shape index (κ3) is 2.48. The molecule has 0 amide bonds. The van der Waals surface area contributed by atoms with Gasteiger partial charge in [0.1, 0.15) is 5.75 Å². The maximum atomic E-state index is 11.1. The summed E-state index contributed by atoms with van der Waals surface area (Å²) in [5, 5.41) is 18.6. The summed E-state index contributed by atoms with van der Waals surface area (Å²) >= 11 is 0. The molecular weight excluding hydrogens is 230 g/mol. The van der Waals surface area contributed by atoms with Crippen molar-refractivity contribution in [2.24, 2.45) is 11.8 Å². The lowest BCUT2D eigenvalue weighted by Gasteiger charge is -2.24. The number of aromatic hydroxyl groups is 1. The van der Waals surface area contributed by atoms with Crippen molar-refractivity contribution in [3.05, 3.63) is 29.8 Å². The summed E-state index contributed by atoms with van der Waals surface area (Å²) in [6.45, 7) is 5.39. The van der Waals surface area contributed by atoms with Gasteiger partial charge in [-0.15, -0.1) is 0 Å². The van der Waals surface area contributed by atoms with Gasteiger partial charge in [-0.05, 0) is 30.5 Å². The zero-order valence-corrected chi connectivity index (χ0v) is 10.7. The number of benzene rings is 1. The van der Waals surface area contributed by atoms with Gasteiger partial charge in [-0.1, -0.05) is 19.1 Å². The molecule has 1 aromatic carbocycles. The van der Waals surface area contributed by atoms with E-state index in [1.54, 1.807) is 12.1 Å². The van der Waals surface area contributed by atoms with Crippen molar-refractivity contribution in [3.8, 4) is 5.75 Å². The second kappa shape index (κ2) is 4.98. The SMILES string of the molecule is CC(c1cccc(O)c1)N1C[C@@H](C)[C@H](C(=O)O)C1. The van der Waals surface area contributed by atoms with Crippen molar-refractivity contribution < 1.29 is 15.0 Å². The van der Waals surface area contributed by atoms with Crippen LogP contribution in [0.25, 0.3) is 0 Å². The van der Waals surface area contributed by atoms with Crippen LogP contribution in [0.3, 0.4) is 0 Å². The molecule has 1 heterocycles. The molecule has 0 aliphatic carbocycles. The van der Waals surface area contributed by atoms with Crippen molar-refractivity contribution in [2.75, 3.05) is 13.1 Å². The van der Waals surface area contributed by atoms with E-state index in [9.17, 15) is 9.90 Å². The first-order chi connectivity index (χ1) is 8.49. The molecule has 0 bridgehead atoms. The van der Waals surface area contributed by atoms with Crippen LogP contribution in [0, 0.1) is 11.8 Å². The molecule has 0 aromatic heterocycles. The third-order valence-electron chi connectivity index (χ3n) is 3.86. The molecule has 2 rings (SSSR count). The maximum Gasteiger partial charge on any atom is 0.308 e. The highest BCUT2D eigenvalue weighted by Gasteiger charge is 2.36. The normalized spacial score (nSPS) is 26.1. The summed E-state index contributed by atoms with van der Waals surface area (Å²) in [6, 6.07) is 7.29. The Morgan fingerprint density at radius 2 is 2.17 bits per heavy atom. The number of carboxylic acid groups (broad SMARTS) is 1. The fourth-order valence-corrected chi connectivity index (χ4v) is 2.64. The number of phenols is 1. The van der Waals surface area contributed by atoms with Crippen LogP contribution >= 0.6 is 0 Å². The first-order valence-corrected chi connectivity index (χ1v) is 6.25. The van der Waals surface area contributed by atoms with Gasteiger partial charge in [0.15, 0.2) is 0 Å². The average Bonchev–Trinajstić information content (AvgIpc) is 2.70. The Morgan fingerprint density at radius 3 is 2.72 bits per heavy atom. The Labute approximate surface area is 107 Å². The number of aliphatic carboxylic acids is 1. The molecule has 1 unspecified atom stereocenters. The van der Waals surface area contributed by atoms with Crippen LogP contribution in [-0.2, 0) is 4.79 Å². The standard InChI is InChI=1S/C14H19NO3/c1-9-7-15(8-13(9)14(17)18)10(2)11-4-3-5-12(16)6-11/h3-6,9-10,13,16H,7-8H2,1-2H3,(H,17,18)/t9-,10?,13-/m1/s1. The average molecular weight is 249 g/mol. The third-order valence-corrected chi connectivity index (χ3v) is 3.86. The first-order valence-electron chi connectivity index (χ1n) is 6.25. The monoisotopic (exact) mass is 249 g/mol. The Balaban J connectivity index is 2.11. The van der Waals surface area contributed by atoms with E-state index in [1.807, 2.05) is 26.0 Å². The lowest BCUT2D eigenvalue weighted by atomic mass is 9.99. The van der Waals surface area contributed by atoms with Gasteiger partial charge in [-0.3, -0.25) is 9.69 Å². The first kappa shape index (κ1) is 12.9. The lowest BCUT2D eigenvalue weighted by Crippen LogP contribution is -2.26. The van der Waals surface area contributed by atoms with Crippen LogP contribution in [0.1, 0.15) is 25.5 Å². The topological polar surface area (TPSA) is 60.8 Å². The van der Waals surface area contributed by atoms with Crippen LogP contribution in [0.2, 0.25) is 0 Å². The van der Waals surface area contributed by atoms with Gasteiger partial charge in [0.25, 0.3) is 0 Å². The molecule has 3 atom stereocenters. The molecule has 2 N–H and O–H groups in total. The number of hydrogen-bond donors (Lipinski definition) is 2. The fourth-order valence-electron chi connectivity index (χ4n) is 2.64. The maximum absolute atomic E-state index is 11.1. The van der Waals surface area contributed by atoms with Gasteiger partial charge in [0, 0.05) is 19.1 Å². The molecule has 98 valence electrons. The number of phenolic OH excluding ortho intramolecular Hbond substituents is 1. The van der Waals surface area contributed by atoms with Crippen LogP contribution < -0.4 is 0 Å². The lowest BCUT2D eigenvalue weighted by molar-refractivity contribution is -0.142. The quantitative estimate of drug-likeness (QED) is 0.861. The number of likely N-dealkylation sites (tertiary alicyclic amines) is 1. The fraction of sp³-hybridized carbons (Fsp3) is 0.500. The summed E-state index contributed by atoms with van der Waals surface area (Å²) in [5.41, 5.74) is 1.02. The summed E-state index contributed by atoms with van der Waals surface area (Å²) in [6.07, 6.45) is 0. The number of rotatable bonds is 3. The molecule has 1 aliphatic heterocycles. The summed E-state index contributed by atoms with van der Waals surface area (Å²) < 4.78 is 0. The van der Waals surface area contributed by atoms with Gasteiger partial charge in [0.2, 0.25) is 0 Å². The molecular formula is C14H19NO3. The number of nitrogens with zero attached hydrogens (tertiary/aromatic N) is 1. The summed E-state index contributed by atoms with van der Waals surface area (Å²) in [7, 11) is 0. The molecule has 0 saturated carbocycles.